The highest BCUT2D eigenvalue weighted by Crippen LogP contribution is 2.30. The van der Waals surface area contributed by atoms with Gasteiger partial charge in [0.25, 0.3) is 11.8 Å². The molecule has 2 aromatic heterocycles. The lowest BCUT2D eigenvalue weighted by molar-refractivity contribution is -0.212. The predicted molar refractivity (Wildman–Crippen MR) is 179 cm³/mol. The zero-order valence-corrected chi connectivity index (χ0v) is 27.8. The van der Waals surface area contributed by atoms with Crippen LogP contribution in [0.1, 0.15) is 35.5 Å². The molecule has 15 heteroatoms. The minimum atomic E-state index is -4.72. The van der Waals surface area contributed by atoms with E-state index >= 15 is 0 Å². The van der Waals surface area contributed by atoms with E-state index in [-0.39, 0.29) is 29.0 Å². The third kappa shape index (κ3) is 8.47. The first-order chi connectivity index (χ1) is 24.0. The number of carbonyl (C=O) groups is 3. The van der Waals surface area contributed by atoms with E-state index in [1.807, 2.05) is 67.6 Å². The Morgan fingerprint density at radius 2 is 1.70 bits per heavy atom. The molecular weight excluding hydrogens is 653 g/mol. The zero-order valence-electron chi connectivity index (χ0n) is 27.8. The number of carbonyl (C=O) groups excluding carboxylic acids is 3. The lowest BCUT2D eigenvalue weighted by Crippen LogP contribution is -2.53. The first kappa shape index (κ1) is 36.0. The van der Waals surface area contributed by atoms with Crippen LogP contribution in [0.25, 0.3) is 5.69 Å². The molecule has 4 aromatic rings. The van der Waals surface area contributed by atoms with E-state index in [0.717, 1.165) is 49.2 Å². The van der Waals surface area contributed by atoms with Crippen LogP contribution in [-0.4, -0.2) is 87.1 Å². The van der Waals surface area contributed by atoms with Gasteiger partial charge in [0.05, 0.1) is 25.1 Å². The van der Waals surface area contributed by atoms with Gasteiger partial charge >= 0.3 is 6.30 Å². The number of hydrogen-bond acceptors (Lipinski definition) is 7. The van der Waals surface area contributed by atoms with Gasteiger partial charge in [0.2, 0.25) is 5.91 Å². The van der Waals surface area contributed by atoms with Crippen LogP contribution in [0.3, 0.4) is 0 Å². The fourth-order valence-electron chi connectivity index (χ4n) is 5.67. The molecule has 1 saturated heterocycles. The Bertz CT molecular complexity index is 1790. The Morgan fingerprint density at radius 1 is 1.04 bits per heavy atom. The summed E-state index contributed by atoms with van der Waals surface area (Å²) in [6.07, 6.45) is -2.28. The van der Waals surface area contributed by atoms with Crippen molar-refractivity contribution in [3.05, 3.63) is 108 Å². The number of benzene rings is 2. The van der Waals surface area contributed by atoms with E-state index in [1.165, 1.54) is 4.90 Å². The monoisotopic (exact) mass is 692 g/mol. The van der Waals surface area contributed by atoms with E-state index < -0.39 is 23.9 Å². The molecule has 0 bridgehead atoms. The van der Waals surface area contributed by atoms with Gasteiger partial charge in [0.1, 0.15) is 17.6 Å². The van der Waals surface area contributed by atoms with E-state index in [0.29, 0.717) is 30.7 Å². The van der Waals surface area contributed by atoms with Crippen molar-refractivity contribution in [1.29, 1.82) is 0 Å². The molecule has 12 nitrogen and oxygen atoms in total. The highest BCUT2D eigenvalue weighted by Gasteiger charge is 2.37. The van der Waals surface area contributed by atoms with Gasteiger partial charge < -0.3 is 15.4 Å². The van der Waals surface area contributed by atoms with Crippen molar-refractivity contribution >= 4 is 23.5 Å². The van der Waals surface area contributed by atoms with E-state index in [2.05, 4.69) is 32.3 Å². The van der Waals surface area contributed by atoms with Crippen molar-refractivity contribution in [1.82, 2.24) is 35.1 Å². The minimum Gasteiger partial charge on any atom is -0.379 e. The number of aromatic nitrogens is 4. The molecule has 0 radical (unpaired) electrons. The van der Waals surface area contributed by atoms with E-state index in [9.17, 15) is 27.6 Å². The Kier molecular flexibility index (Phi) is 11.5. The molecule has 2 unspecified atom stereocenters. The highest BCUT2D eigenvalue weighted by molar-refractivity contribution is 6.03. The largest absolute Gasteiger partial charge is 0.504 e. The molecule has 6 rings (SSSR count). The lowest BCUT2D eigenvalue weighted by Gasteiger charge is -2.32. The summed E-state index contributed by atoms with van der Waals surface area (Å²) in [4.78, 5) is 41.2. The predicted octanol–water partition coefficient (Wildman–Crippen LogP) is 3.83. The first-order valence-electron chi connectivity index (χ1n) is 16.2. The summed E-state index contributed by atoms with van der Waals surface area (Å²) < 4.78 is 44.8. The summed E-state index contributed by atoms with van der Waals surface area (Å²) in [6, 6.07) is 19.2. The Hall–Kier alpha value is -5.28. The number of nitrogens with zero attached hydrogens (tertiary/aromatic N) is 6. The number of nitrogens with one attached hydrogen (secondary N) is 2. The van der Waals surface area contributed by atoms with Gasteiger partial charge in [-0.1, -0.05) is 55.1 Å². The van der Waals surface area contributed by atoms with Crippen molar-refractivity contribution in [2.75, 3.05) is 37.7 Å². The standard InChI is InChI=1S/C19H17F3N6O2.C16H22N2O2/c1-2-26-17-12(11-23-28(17)13-6-4-3-5-7-13)10-15(18(26)30)24-16(29)14-8-9-27(25-14)19(20,21)22;1-13(14(2)18-8-10-20-11-9-18)16(19)17-12-15-6-4-3-5-7-15/h3-9,11,15H,2,10H2,1H3,(H,24,29);3-7,14H,1,8-12H2,2H3,(H,17,19). The van der Waals surface area contributed by atoms with E-state index in [4.69, 9.17) is 4.74 Å². The molecule has 0 saturated carbocycles. The van der Waals surface area contributed by atoms with Crippen LogP contribution < -0.4 is 15.5 Å². The van der Waals surface area contributed by atoms with Gasteiger partial charge in [-0.25, -0.2) is 4.68 Å². The second-order valence-electron chi connectivity index (χ2n) is 11.7. The van der Waals surface area contributed by atoms with Gasteiger partial charge in [-0.15, -0.1) is 13.2 Å². The quantitative estimate of drug-likeness (QED) is 0.256. The maximum Gasteiger partial charge on any atom is 0.504 e. The number of anilines is 1. The molecule has 1 fully saturated rings. The maximum absolute atomic E-state index is 13.0. The van der Waals surface area contributed by atoms with Gasteiger partial charge in [0.15, 0.2) is 0 Å². The van der Waals surface area contributed by atoms with E-state index in [1.54, 1.807) is 17.8 Å². The summed E-state index contributed by atoms with van der Waals surface area (Å²) in [5.41, 5.74) is 2.81. The third-order valence-electron chi connectivity index (χ3n) is 8.45. The molecule has 50 heavy (non-hydrogen) atoms. The summed E-state index contributed by atoms with van der Waals surface area (Å²) in [7, 11) is 0. The summed E-state index contributed by atoms with van der Waals surface area (Å²) >= 11 is 0. The Balaban J connectivity index is 0.000000211. The number of amides is 3. The second-order valence-corrected chi connectivity index (χ2v) is 11.7. The third-order valence-corrected chi connectivity index (χ3v) is 8.45. The average Bonchev–Trinajstić information content (AvgIpc) is 3.81. The minimum absolute atomic E-state index is 0.0506. The summed E-state index contributed by atoms with van der Waals surface area (Å²) in [5.74, 6) is -0.689. The fourth-order valence-corrected chi connectivity index (χ4v) is 5.67. The van der Waals surface area contributed by atoms with Crippen LogP contribution >= 0.6 is 0 Å². The molecule has 2 atom stereocenters. The normalized spacial score (nSPS) is 16.9. The number of rotatable bonds is 9. The van der Waals surface area contributed by atoms with Crippen molar-refractivity contribution in [2.45, 2.75) is 45.2 Å². The maximum atomic E-state index is 13.0. The molecule has 0 aliphatic carbocycles. The smallest absolute Gasteiger partial charge is 0.379 e. The fraction of sp³-hybridized carbons (Fsp3) is 0.343. The van der Waals surface area contributed by atoms with Crippen LogP contribution in [0, 0.1) is 0 Å². The summed E-state index contributed by atoms with van der Waals surface area (Å²) in [5, 5.41) is 13.0. The molecule has 3 amide bonds. The molecule has 4 heterocycles. The molecule has 2 aliphatic heterocycles. The zero-order chi connectivity index (χ0) is 35.8. The number of likely N-dealkylation sites (N-methyl/N-ethyl adjacent to an activating group) is 1. The highest BCUT2D eigenvalue weighted by atomic mass is 19.4. The number of halogens is 3. The Labute approximate surface area is 287 Å². The van der Waals surface area contributed by atoms with Crippen molar-refractivity contribution in [2.24, 2.45) is 0 Å². The van der Waals surface area contributed by atoms with Gasteiger partial charge in [-0.3, -0.25) is 24.2 Å². The Morgan fingerprint density at radius 3 is 2.32 bits per heavy atom. The van der Waals surface area contributed by atoms with Crippen molar-refractivity contribution in [3.63, 3.8) is 0 Å². The number of fused-ring (bicyclic) bond motifs is 1. The number of hydrogen-bond donors (Lipinski definition) is 2. The number of alkyl halides is 3. The topological polar surface area (TPSA) is 127 Å². The molecule has 264 valence electrons. The molecule has 2 aliphatic rings. The van der Waals surface area contributed by atoms with Crippen LogP contribution in [0.5, 0.6) is 0 Å². The van der Waals surface area contributed by atoms with Gasteiger partial charge in [-0.2, -0.15) is 14.9 Å². The average molecular weight is 693 g/mol. The van der Waals surface area contributed by atoms with Crippen LogP contribution in [0.4, 0.5) is 19.0 Å². The molecule has 0 spiro atoms. The lowest BCUT2D eigenvalue weighted by atomic mass is 10.0. The second kappa shape index (κ2) is 16.0. The molecular formula is C35H39F3N8O4. The number of ether oxygens (including phenoxy) is 1. The summed E-state index contributed by atoms with van der Waals surface area (Å²) in [6.45, 7) is 11.8. The molecule has 2 N–H and O–H groups in total. The van der Waals surface area contributed by atoms with Crippen LogP contribution in [0.2, 0.25) is 0 Å². The SMILES string of the molecule is C=C(C(=O)NCc1ccccc1)C(C)N1CCOCC1.CCN1C(=O)C(NC(=O)c2ccn(C(F)(F)F)n2)Cc2cnn(-c3ccccc3)c21. The number of morpholine rings is 1. The van der Waals surface area contributed by atoms with Crippen LogP contribution in [0.15, 0.2) is 91.3 Å². The molecule has 2 aromatic carbocycles. The van der Waals surface area contributed by atoms with Crippen molar-refractivity contribution < 1.29 is 32.3 Å². The number of para-hydroxylation sites is 1. The van der Waals surface area contributed by atoms with Crippen LogP contribution in [-0.2, 0) is 33.6 Å². The van der Waals surface area contributed by atoms with Gasteiger partial charge in [0, 0.05) is 56.0 Å². The first-order valence-corrected chi connectivity index (χ1v) is 16.2. The van der Waals surface area contributed by atoms with Gasteiger partial charge in [-0.05, 0) is 37.6 Å². The van der Waals surface area contributed by atoms with Crippen molar-refractivity contribution in [3.8, 4) is 5.69 Å².